The fraction of sp³-hybridized carbons (Fsp3) is 0.400. The number of hydrogen-bond acceptors (Lipinski definition) is 2. The quantitative estimate of drug-likeness (QED) is 0.797. The normalized spacial score (nSPS) is 19.5. The number of benzene rings is 1. The number of ether oxygens (including phenoxy) is 2. The second kappa shape index (κ2) is 4.21. The van der Waals surface area contributed by atoms with Crippen LogP contribution in [0.1, 0.15) is 5.56 Å². The summed E-state index contributed by atoms with van der Waals surface area (Å²) in [6, 6.07) is 4.06. The van der Waals surface area contributed by atoms with E-state index in [0.717, 1.165) is 21.3 Å². The predicted octanol–water partition coefficient (Wildman–Crippen LogP) is 3.30. The molecular weight excluding hydrogens is 312 g/mol. The van der Waals surface area contributed by atoms with Gasteiger partial charge in [0.15, 0.2) is 0 Å². The van der Waals surface area contributed by atoms with Crippen LogP contribution in [0, 0.1) is 6.92 Å². The fourth-order valence-corrected chi connectivity index (χ4v) is 2.04. The van der Waals surface area contributed by atoms with E-state index < -0.39 is 0 Å². The summed E-state index contributed by atoms with van der Waals surface area (Å²) in [5, 5.41) is 0. The van der Waals surface area contributed by atoms with Crippen molar-refractivity contribution < 1.29 is 9.47 Å². The molecule has 0 aliphatic carbocycles. The Hall–Kier alpha value is -0.0600. The van der Waals surface area contributed by atoms with Crippen molar-refractivity contribution in [1.29, 1.82) is 0 Å². The van der Waals surface area contributed by atoms with Gasteiger partial charge in [-0.05, 0) is 56.5 Å². The third kappa shape index (κ3) is 2.49. The van der Waals surface area contributed by atoms with Crippen LogP contribution in [-0.2, 0) is 4.74 Å². The molecule has 1 atom stereocenters. The molecule has 1 aliphatic heterocycles. The maximum absolute atomic E-state index is 5.62. The van der Waals surface area contributed by atoms with Crippen molar-refractivity contribution in [3.05, 3.63) is 26.6 Å². The second-order valence-electron chi connectivity index (χ2n) is 3.33. The maximum atomic E-state index is 5.62. The molecule has 0 spiro atoms. The van der Waals surface area contributed by atoms with Crippen molar-refractivity contribution in [2.75, 3.05) is 13.2 Å². The highest BCUT2D eigenvalue weighted by atomic mass is 79.9. The van der Waals surface area contributed by atoms with Gasteiger partial charge in [0.2, 0.25) is 0 Å². The van der Waals surface area contributed by atoms with Crippen molar-refractivity contribution in [2.24, 2.45) is 0 Å². The molecule has 0 N–H and O–H groups in total. The van der Waals surface area contributed by atoms with E-state index in [2.05, 4.69) is 31.9 Å². The van der Waals surface area contributed by atoms with Gasteiger partial charge >= 0.3 is 0 Å². The zero-order chi connectivity index (χ0) is 10.1. The van der Waals surface area contributed by atoms with E-state index >= 15 is 0 Å². The van der Waals surface area contributed by atoms with Crippen molar-refractivity contribution in [1.82, 2.24) is 0 Å². The van der Waals surface area contributed by atoms with Crippen LogP contribution in [0.2, 0.25) is 0 Å². The molecule has 76 valence electrons. The van der Waals surface area contributed by atoms with Crippen LogP contribution in [0.4, 0.5) is 0 Å². The molecule has 1 aromatic rings. The third-order valence-electron chi connectivity index (χ3n) is 1.97. The summed E-state index contributed by atoms with van der Waals surface area (Å²) in [6.45, 7) is 3.50. The lowest BCUT2D eigenvalue weighted by Crippen LogP contribution is -2.04. The Bertz CT molecular complexity index is 348. The Morgan fingerprint density at radius 3 is 2.86 bits per heavy atom. The van der Waals surface area contributed by atoms with Crippen molar-refractivity contribution in [2.45, 2.75) is 13.0 Å². The molecule has 2 rings (SSSR count). The summed E-state index contributed by atoms with van der Waals surface area (Å²) in [5.41, 5.74) is 1.17. The van der Waals surface area contributed by atoms with E-state index in [1.54, 1.807) is 0 Å². The highest BCUT2D eigenvalue weighted by Crippen LogP contribution is 2.34. The number of hydrogen-bond donors (Lipinski definition) is 0. The molecule has 0 bridgehead atoms. The number of aryl methyl sites for hydroxylation is 1. The Balaban J connectivity index is 2.13. The first-order chi connectivity index (χ1) is 6.66. The van der Waals surface area contributed by atoms with Crippen LogP contribution in [0.3, 0.4) is 0 Å². The van der Waals surface area contributed by atoms with E-state index in [0.29, 0.717) is 12.7 Å². The standard InChI is InChI=1S/C10H10Br2O2/c1-6-2-8(11)10(12)9(3-6)14-5-7-4-13-7/h2-3,7H,4-5H2,1H3. The Labute approximate surface area is 99.8 Å². The van der Waals surface area contributed by atoms with Gasteiger partial charge in [-0.1, -0.05) is 0 Å². The lowest BCUT2D eigenvalue weighted by molar-refractivity contribution is 0.261. The minimum Gasteiger partial charge on any atom is -0.490 e. The third-order valence-corrected chi connectivity index (χ3v) is 3.94. The molecule has 0 aromatic heterocycles. The van der Waals surface area contributed by atoms with Gasteiger partial charge in [0.25, 0.3) is 0 Å². The van der Waals surface area contributed by atoms with Crippen LogP contribution < -0.4 is 4.74 Å². The van der Waals surface area contributed by atoms with E-state index in [4.69, 9.17) is 9.47 Å². The Morgan fingerprint density at radius 2 is 2.21 bits per heavy atom. The molecule has 1 unspecified atom stereocenters. The summed E-state index contributed by atoms with van der Waals surface area (Å²) in [7, 11) is 0. The molecule has 1 heterocycles. The lowest BCUT2D eigenvalue weighted by atomic mass is 10.2. The Kier molecular flexibility index (Phi) is 3.14. The highest BCUT2D eigenvalue weighted by Gasteiger charge is 2.23. The van der Waals surface area contributed by atoms with Gasteiger partial charge in [-0.15, -0.1) is 0 Å². The van der Waals surface area contributed by atoms with E-state index in [1.165, 1.54) is 5.56 Å². The average molecular weight is 322 g/mol. The summed E-state index contributed by atoms with van der Waals surface area (Å²) in [6.07, 6.45) is 0.293. The molecular formula is C10H10Br2O2. The van der Waals surface area contributed by atoms with Gasteiger partial charge in [-0.25, -0.2) is 0 Å². The molecule has 0 saturated carbocycles. The Morgan fingerprint density at radius 1 is 1.50 bits per heavy atom. The number of epoxide rings is 1. The topological polar surface area (TPSA) is 21.8 Å². The monoisotopic (exact) mass is 320 g/mol. The number of halogens is 2. The predicted molar refractivity (Wildman–Crippen MR) is 61.8 cm³/mol. The zero-order valence-corrected chi connectivity index (χ0v) is 10.9. The van der Waals surface area contributed by atoms with Crippen LogP contribution in [-0.4, -0.2) is 19.3 Å². The first-order valence-electron chi connectivity index (χ1n) is 4.37. The van der Waals surface area contributed by atoms with Crippen molar-refractivity contribution >= 4 is 31.9 Å². The molecule has 1 saturated heterocycles. The van der Waals surface area contributed by atoms with E-state index in [1.807, 2.05) is 19.1 Å². The van der Waals surface area contributed by atoms with Crippen molar-refractivity contribution in [3.63, 3.8) is 0 Å². The van der Waals surface area contributed by atoms with Gasteiger partial charge < -0.3 is 9.47 Å². The fourth-order valence-electron chi connectivity index (χ4n) is 1.14. The minimum atomic E-state index is 0.293. The van der Waals surface area contributed by atoms with Gasteiger partial charge in [-0.3, -0.25) is 0 Å². The largest absolute Gasteiger partial charge is 0.490 e. The summed E-state index contributed by atoms with van der Waals surface area (Å²) >= 11 is 6.93. The second-order valence-corrected chi connectivity index (χ2v) is 4.97. The molecule has 1 aromatic carbocycles. The van der Waals surface area contributed by atoms with E-state index in [-0.39, 0.29) is 0 Å². The van der Waals surface area contributed by atoms with Crippen LogP contribution in [0.25, 0.3) is 0 Å². The van der Waals surface area contributed by atoms with Crippen LogP contribution in [0.5, 0.6) is 5.75 Å². The summed E-state index contributed by atoms with van der Waals surface area (Å²) in [5.74, 6) is 0.868. The van der Waals surface area contributed by atoms with Crippen LogP contribution >= 0.6 is 31.9 Å². The van der Waals surface area contributed by atoms with Gasteiger partial charge in [-0.2, -0.15) is 0 Å². The molecule has 1 aliphatic rings. The van der Waals surface area contributed by atoms with Gasteiger partial charge in [0, 0.05) is 4.47 Å². The molecule has 1 fully saturated rings. The molecule has 2 nitrogen and oxygen atoms in total. The SMILES string of the molecule is Cc1cc(Br)c(Br)c(OCC2CO2)c1. The van der Waals surface area contributed by atoms with E-state index in [9.17, 15) is 0 Å². The summed E-state index contributed by atoms with van der Waals surface area (Å²) in [4.78, 5) is 0. The first kappa shape index (κ1) is 10.5. The lowest BCUT2D eigenvalue weighted by Gasteiger charge is -2.09. The first-order valence-corrected chi connectivity index (χ1v) is 5.95. The molecule has 0 radical (unpaired) electrons. The molecule has 14 heavy (non-hydrogen) atoms. The highest BCUT2D eigenvalue weighted by molar-refractivity contribution is 9.13. The zero-order valence-electron chi connectivity index (χ0n) is 7.72. The van der Waals surface area contributed by atoms with Crippen molar-refractivity contribution in [3.8, 4) is 5.75 Å². The molecule has 0 amide bonds. The average Bonchev–Trinajstić information content (AvgIpc) is 2.92. The van der Waals surface area contributed by atoms with Crippen LogP contribution in [0.15, 0.2) is 21.1 Å². The molecule has 4 heteroatoms. The summed E-state index contributed by atoms with van der Waals surface area (Å²) < 4.78 is 12.7. The maximum Gasteiger partial charge on any atom is 0.135 e. The van der Waals surface area contributed by atoms with Gasteiger partial charge in [0.05, 0.1) is 11.1 Å². The van der Waals surface area contributed by atoms with Gasteiger partial charge in [0.1, 0.15) is 18.5 Å². The smallest absolute Gasteiger partial charge is 0.135 e. The minimum absolute atomic E-state index is 0.293. The number of rotatable bonds is 3.